The summed E-state index contributed by atoms with van der Waals surface area (Å²) >= 11 is 9.08. The van der Waals surface area contributed by atoms with E-state index in [-0.39, 0.29) is 22.1 Å². The molecule has 0 aliphatic heterocycles. The van der Waals surface area contributed by atoms with Crippen LogP contribution in [0, 0.1) is 12.7 Å². The van der Waals surface area contributed by atoms with Crippen molar-refractivity contribution in [1.29, 1.82) is 0 Å². The number of hydrogen-bond donors (Lipinski definition) is 2. The maximum atomic E-state index is 14.0. The Kier molecular flexibility index (Phi) is 3.87. The Labute approximate surface area is 123 Å². The summed E-state index contributed by atoms with van der Waals surface area (Å²) in [5, 5.41) is -0.201. The molecule has 6 heteroatoms. The van der Waals surface area contributed by atoms with E-state index in [2.05, 4.69) is 15.9 Å². The largest absolute Gasteiger partial charge is 0.451 e. The first-order chi connectivity index (χ1) is 8.90. The average molecular weight is 346 g/mol. The van der Waals surface area contributed by atoms with E-state index in [1.54, 1.807) is 6.07 Å². The summed E-state index contributed by atoms with van der Waals surface area (Å²) in [4.78, 5) is 0. The van der Waals surface area contributed by atoms with Crippen molar-refractivity contribution < 1.29 is 9.13 Å². The molecule has 0 fully saturated rings. The minimum Gasteiger partial charge on any atom is -0.451 e. The van der Waals surface area contributed by atoms with Gasteiger partial charge in [0.2, 0.25) is 0 Å². The molecule has 19 heavy (non-hydrogen) atoms. The van der Waals surface area contributed by atoms with Crippen LogP contribution in [0.3, 0.4) is 0 Å². The quantitative estimate of drug-likeness (QED) is 0.787. The first-order valence-electron chi connectivity index (χ1n) is 5.37. The van der Waals surface area contributed by atoms with Crippen LogP contribution in [-0.2, 0) is 0 Å². The number of nitrogen functional groups attached to an aromatic ring is 2. The fourth-order valence-electron chi connectivity index (χ4n) is 1.55. The van der Waals surface area contributed by atoms with E-state index in [4.69, 9.17) is 27.8 Å². The van der Waals surface area contributed by atoms with Crippen LogP contribution in [-0.4, -0.2) is 0 Å². The van der Waals surface area contributed by atoms with Crippen molar-refractivity contribution in [2.75, 3.05) is 11.5 Å². The molecule has 0 heterocycles. The molecule has 0 aromatic heterocycles. The van der Waals surface area contributed by atoms with Gasteiger partial charge in [0.05, 0.1) is 15.8 Å². The van der Waals surface area contributed by atoms with Gasteiger partial charge in [0.1, 0.15) is 10.8 Å². The van der Waals surface area contributed by atoms with Crippen LogP contribution in [0.2, 0.25) is 5.02 Å². The van der Waals surface area contributed by atoms with Gasteiger partial charge in [-0.15, -0.1) is 0 Å². The monoisotopic (exact) mass is 344 g/mol. The molecule has 0 saturated carbocycles. The Morgan fingerprint density at radius 1 is 1.21 bits per heavy atom. The molecule has 3 nitrogen and oxygen atoms in total. The predicted molar refractivity (Wildman–Crippen MR) is 79.2 cm³/mol. The number of nitrogens with two attached hydrogens (primary N) is 2. The topological polar surface area (TPSA) is 61.3 Å². The highest BCUT2D eigenvalue weighted by Crippen LogP contribution is 2.39. The van der Waals surface area contributed by atoms with Crippen molar-refractivity contribution in [1.82, 2.24) is 0 Å². The third-order valence-corrected chi connectivity index (χ3v) is 3.52. The summed E-state index contributed by atoms with van der Waals surface area (Å²) in [5.74, 6) is -0.465. The second-order valence-electron chi connectivity index (χ2n) is 4.05. The highest BCUT2D eigenvalue weighted by Gasteiger charge is 2.17. The van der Waals surface area contributed by atoms with Gasteiger partial charge in [-0.1, -0.05) is 17.7 Å². The Balaban J connectivity index is 2.47. The zero-order chi connectivity index (χ0) is 14.2. The minimum absolute atomic E-state index is 0.0759. The van der Waals surface area contributed by atoms with Gasteiger partial charge in [0.25, 0.3) is 0 Å². The smallest absolute Gasteiger partial charge is 0.188 e. The Morgan fingerprint density at radius 3 is 2.53 bits per heavy atom. The zero-order valence-electron chi connectivity index (χ0n) is 10.0. The fraction of sp³-hybridized carbons (Fsp3) is 0.0769. The normalized spacial score (nSPS) is 10.5. The number of aryl methyl sites for hydroxylation is 1. The predicted octanol–water partition coefficient (Wildman–Crippen LogP) is 4.51. The summed E-state index contributed by atoms with van der Waals surface area (Å²) in [6.45, 7) is 1.93. The molecule has 0 aliphatic carbocycles. The second-order valence-corrected chi connectivity index (χ2v) is 5.28. The van der Waals surface area contributed by atoms with E-state index in [0.29, 0.717) is 10.2 Å². The van der Waals surface area contributed by atoms with E-state index in [0.717, 1.165) is 5.56 Å². The Hall–Kier alpha value is -1.46. The summed E-state index contributed by atoms with van der Waals surface area (Å²) in [6.07, 6.45) is 0. The molecular weight excluding hydrogens is 335 g/mol. The van der Waals surface area contributed by atoms with Crippen LogP contribution in [0.1, 0.15) is 5.56 Å². The number of ether oxygens (including phenoxy) is 1. The molecule has 4 N–H and O–H groups in total. The number of anilines is 2. The van der Waals surface area contributed by atoms with Gasteiger partial charge < -0.3 is 16.2 Å². The lowest BCUT2D eigenvalue weighted by Crippen LogP contribution is -2.00. The first kappa shape index (κ1) is 14.0. The van der Waals surface area contributed by atoms with Crippen molar-refractivity contribution in [2.24, 2.45) is 0 Å². The van der Waals surface area contributed by atoms with E-state index >= 15 is 0 Å². The van der Waals surface area contributed by atoms with Gasteiger partial charge in [-0.2, -0.15) is 0 Å². The summed E-state index contributed by atoms with van der Waals surface area (Å²) in [5.41, 5.74) is 12.4. The molecule has 100 valence electrons. The lowest BCUT2D eigenvalue weighted by molar-refractivity contribution is 0.443. The molecule has 0 unspecified atom stereocenters. The van der Waals surface area contributed by atoms with Crippen molar-refractivity contribution >= 4 is 38.9 Å². The number of rotatable bonds is 2. The van der Waals surface area contributed by atoms with Gasteiger partial charge in [-0.25, -0.2) is 4.39 Å². The standard InChI is InChI=1S/C13H11BrClFN2O/c1-6-2-3-10(7(14)4-6)19-13-9(18)5-8(17)11(15)12(13)16/h2-5H,17-18H2,1H3. The molecule has 0 saturated heterocycles. The van der Waals surface area contributed by atoms with E-state index in [1.165, 1.54) is 6.07 Å². The van der Waals surface area contributed by atoms with Crippen molar-refractivity contribution in [3.63, 3.8) is 0 Å². The average Bonchev–Trinajstić information content (AvgIpc) is 2.34. The molecule has 0 spiro atoms. The molecule has 0 atom stereocenters. The highest BCUT2D eigenvalue weighted by molar-refractivity contribution is 9.10. The summed E-state index contributed by atoms with van der Waals surface area (Å²) in [7, 11) is 0. The molecule has 0 aliphatic rings. The van der Waals surface area contributed by atoms with E-state index in [1.807, 2.05) is 19.1 Å². The van der Waals surface area contributed by atoms with E-state index < -0.39 is 5.82 Å². The number of halogens is 3. The summed E-state index contributed by atoms with van der Waals surface area (Å²) < 4.78 is 20.2. The third-order valence-electron chi connectivity index (χ3n) is 2.52. The van der Waals surface area contributed by atoms with Gasteiger partial charge >= 0.3 is 0 Å². The third kappa shape index (κ3) is 2.77. The molecule has 0 amide bonds. The molecule has 2 rings (SSSR count). The highest BCUT2D eigenvalue weighted by atomic mass is 79.9. The molecule has 2 aromatic carbocycles. The van der Waals surface area contributed by atoms with Gasteiger partial charge in [-0.05, 0) is 46.6 Å². The zero-order valence-corrected chi connectivity index (χ0v) is 12.3. The van der Waals surface area contributed by atoms with Crippen LogP contribution in [0.4, 0.5) is 15.8 Å². The van der Waals surface area contributed by atoms with Crippen LogP contribution in [0.5, 0.6) is 11.5 Å². The van der Waals surface area contributed by atoms with Gasteiger partial charge in [-0.3, -0.25) is 0 Å². The molecular formula is C13H11BrClFN2O. The van der Waals surface area contributed by atoms with Crippen LogP contribution in [0.15, 0.2) is 28.7 Å². The number of benzene rings is 2. The molecule has 0 radical (unpaired) electrons. The lowest BCUT2D eigenvalue weighted by Gasteiger charge is -2.13. The fourth-order valence-corrected chi connectivity index (χ4v) is 2.27. The van der Waals surface area contributed by atoms with Gasteiger partial charge in [0, 0.05) is 0 Å². The summed E-state index contributed by atoms with van der Waals surface area (Å²) in [6, 6.07) is 6.76. The van der Waals surface area contributed by atoms with Crippen LogP contribution in [0.25, 0.3) is 0 Å². The van der Waals surface area contributed by atoms with Gasteiger partial charge in [0.15, 0.2) is 11.6 Å². The number of hydrogen-bond acceptors (Lipinski definition) is 3. The Bertz CT molecular complexity index is 649. The maximum Gasteiger partial charge on any atom is 0.188 e. The molecule has 0 bridgehead atoms. The van der Waals surface area contributed by atoms with Crippen molar-refractivity contribution in [3.8, 4) is 11.5 Å². The minimum atomic E-state index is -0.772. The SMILES string of the molecule is Cc1ccc(Oc2c(N)cc(N)c(Cl)c2F)c(Br)c1. The van der Waals surface area contributed by atoms with Crippen LogP contribution < -0.4 is 16.2 Å². The Morgan fingerprint density at radius 2 is 1.89 bits per heavy atom. The molecule has 2 aromatic rings. The first-order valence-corrected chi connectivity index (χ1v) is 6.54. The van der Waals surface area contributed by atoms with E-state index in [9.17, 15) is 4.39 Å². The maximum absolute atomic E-state index is 14.0. The second kappa shape index (κ2) is 5.27. The van der Waals surface area contributed by atoms with Crippen molar-refractivity contribution in [2.45, 2.75) is 6.92 Å². The van der Waals surface area contributed by atoms with Crippen molar-refractivity contribution in [3.05, 3.63) is 45.1 Å². The van der Waals surface area contributed by atoms with Crippen LogP contribution >= 0.6 is 27.5 Å². The lowest BCUT2D eigenvalue weighted by atomic mass is 10.2.